The second kappa shape index (κ2) is 7.57. The number of carbonyl (C=O) groups is 1. The molecule has 0 aliphatic carbocycles. The Morgan fingerprint density at radius 3 is 2.22 bits per heavy atom. The van der Waals surface area contributed by atoms with Crippen molar-refractivity contribution >= 4 is 5.97 Å². The molecular weight excluding hydrogens is 226 g/mol. The monoisotopic (exact) mass is 255 g/mol. The Balaban J connectivity index is 4.73. The second-order valence-electron chi connectivity index (χ2n) is 5.92. The molecule has 0 radical (unpaired) electrons. The van der Waals surface area contributed by atoms with Crippen molar-refractivity contribution < 1.29 is 9.53 Å². The number of ether oxygens (including phenoxy) is 1. The molecule has 0 rings (SSSR count). The zero-order chi connectivity index (χ0) is 14.3. The summed E-state index contributed by atoms with van der Waals surface area (Å²) >= 11 is 0. The molecule has 0 saturated carbocycles. The topological polar surface area (TPSA) is 52.3 Å². The van der Waals surface area contributed by atoms with Gasteiger partial charge in [0.1, 0.15) is 0 Å². The molecule has 1 atom stereocenters. The minimum absolute atomic E-state index is 0.110. The normalized spacial score (nSPS) is 15.1. The van der Waals surface area contributed by atoms with E-state index in [-0.39, 0.29) is 17.4 Å². The van der Waals surface area contributed by atoms with Crippen molar-refractivity contribution in [1.82, 2.24) is 0 Å². The first kappa shape index (κ1) is 17.2. The van der Waals surface area contributed by atoms with Gasteiger partial charge in [-0.05, 0) is 31.3 Å². The summed E-state index contributed by atoms with van der Waals surface area (Å²) in [5, 5.41) is 0. The van der Waals surface area contributed by atoms with Crippen LogP contribution in [0.15, 0.2) is 11.1 Å². The fourth-order valence-electron chi connectivity index (χ4n) is 2.32. The van der Waals surface area contributed by atoms with Crippen molar-refractivity contribution in [2.75, 3.05) is 6.61 Å². The largest absolute Gasteiger partial charge is 0.462 e. The molecule has 0 aromatic rings. The molecule has 1 unspecified atom stereocenters. The van der Waals surface area contributed by atoms with Crippen LogP contribution in [-0.2, 0) is 9.53 Å². The summed E-state index contributed by atoms with van der Waals surface area (Å²) < 4.78 is 5.28. The fourth-order valence-corrected chi connectivity index (χ4v) is 2.32. The first-order chi connectivity index (χ1) is 8.21. The Morgan fingerprint density at radius 1 is 1.28 bits per heavy atom. The highest BCUT2D eigenvalue weighted by Gasteiger charge is 2.25. The molecule has 0 amide bonds. The molecule has 0 aromatic heterocycles. The van der Waals surface area contributed by atoms with Crippen molar-refractivity contribution in [2.24, 2.45) is 11.1 Å². The van der Waals surface area contributed by atoms with Crippen LogP contribution in [0.5, 0.6) is 0 Å². The molecule has 18 heavy (non-hydrogen) atoms. The van der Waals surface area contributed by atoms with E-state index in [2.05, 4.69) is 27.7 Å². The number of unbranched alkanes of at least 4 members (excludes halogenated alkanes) is 2. The van der Waals surface area contributed by atoms with E-state index in [9.17, 15) is 4.79 Å². The molecule has 0 fully saturated rings. The lowest BCUT2D eigenvalue weighted by Crippen LogP contribution is -2.30. The van der Waals surface area contributed by atoms with Crippen LogP contribution in [0.4, 0.5) is 0 Å². The maximum absolute atomic E-state index is 12.0. The average molecular weight is 255 g/mol. The van der Waals surface area contributed by atoms with Gasteiger partial charge in [-0.2, -0.15) is 0 Å². The van der Waals surface area contributed by atoms with E-state index in [1.807, 2.05) is 13.8 Å². The van der Waals surface area contributed by atoms with Crippen molar-refractivity contribution in [3.05, 3.63) is 11.1 Å². The van der Waals surface area contributed by atoms with Crippen molar-refractivity contribution in [3.63, 3.8) is 0 Å². The number of esters is 1. The van der Waals surface area contributed by atoms with E-state index < -0.39 is 0 Å². The summed E-state index contributed by atoms with van der Waals surface area (Å²) in [6.07, 6.45) is 3.15. The zero-order valence-corrected chi connectivity index (χ0v) is 12.8. The molecule has 0 aromatic carbocycles. The maximum Gasteiger partial charge on any atom is 0.333 e. The van der Waals surface area contributed by atoms with Crippen molar-refractivity contribution in [3.8, 4) is 0 Å². The van der Waals surface area contributed by atoms with Crippen LogP contribution >= 0.6 is 0 Å². The van der Waals surface area contributed by atoms with Gasteiger partial charge >= 0.3 is 5.97 Å². The van der Waals surface area contributed by atoms with Gasteiger partial charge in [0.15, 0.2) is 0 Å². The van der Waals surface area contributed by atoms with E-state index in [1.54, 1.807) is 0 Å². The minimum atomic E-state index is -0.228. The number of carbonyl (C=O) groups excluding carboxylic acids is 1. The first-order valence-electron chi connectivity index (χ1n) is 6.85. The van der Waals surface area contributed by atoms with Crippen molar-refractivity contribution in [1.29, 1.82) is 0 Å². The third-order valence-electron chi connectivity index (χ3n) is 2.95. The molecule has 0 spiro atoms. The van der Waals surface area contributed by atoms with E-state index >= 15 is 0 Å². The van der Waals surface area contributed by atoms with Crippen LogP contribution in [0.1, 0.15) is 60.8 Å². The molecule has 3 heteroatoms. The van der Waals surface area contributed by atoms with Gasteiger partial charge in [-0.1, -0.05) is 40.5 Å². The van der Waals surface area contributed by atoms with E-state index in [4.69, 9.17) is 10.5 Å². The standard InChI is InChI=1S/C15H29NO2/c1-7-8-9-10-18-14(17)11(2)13(12(3)16)15(4,5)6/h12H,7-10,16H2,1-6H3. The molecular formula is C15H29NO2. The summed E-state index contributed by atoms with van der Waals surface area (Å²) in [4.78, 5) is 12.0. The van der Waals surface area contributed by atoms with E-state index in [0.29, 0.717) is 12.2 Å². The van der Waals surface area contributed by atoms with E-state index in [1.165, 1.54) is 0 Å². The molecule has 2 N–H and O–H groups in total. The third kappa shape index (κ3) is 5.67. The number of hydrogen-bond donors (Lipinski definition) is 1. The SMILES string of the molecule is CCCCCOC(=O)C(C)=C(C(C)N)C(C)(C)C. The molecule has 0 aliphatic heterocycles. The summed E-state index contributed by atoms with van der Waals surface area (Å²) in [7, 11) is 0. The van der Waals surface area contributed by atoms with Crippen LogP contribution < -0.4 is 5.73 Å². The van der Waals surface area contributed by atoms with Gasteiger partial charge in [0, 0.05) is 11.6 Å². The summed E-state index contributed by atoms with van der Waals surface area (Å²) in [6.45, 7) is 12.6. The minimum Gasteiger partial charge on any atom is -0.462 e. The van der Waals surface area contributed by atoms with Crippen LogP contribution in [0.3, 0.4) is 0 Å². The molecule has 0 bridgehead atoms. The Hall–Kier alpha value is -0.830. The Labute approximate surface area is 112 Å². The highest BCUT2D eigenvalue weighted by Crippen LogP contribution is 2.30. The fraction of sp³-hybridized carbons (Fsp3) is 0.800. The molecule has 0 heterocycles. The van der Waals surface area contributed by atoms with Gasteiger partial charge in [0.25, 0.3) is 0 Å². The zero-order valence-electron chi connectivity index (χ0n) is 12.8. The Bertz CT molecular complexity index is 298. The van der Waals surface area contributed by atoms with Crippen LogP contribution in [0.25, 0.3) is 0 Å². The third-order valence-corrected chi connectivity index (χ3v) is 2.95. The quantitative estimate of drug-likeness (QED) is 0.449. The number of hydrogen-bond acceptors (Lipinski definition) is 3. The highest BCUT2D eigenvalue weighted by atomic mass is 16.5. The van der Waals surface area contributed by atoms with Crippen LogP contribution in [-0.4, -0.2) is 18.6 Å². The van der Waals surface area contributed by atoms with Gasteiger partial charge in [-0.25, -0.2) is 4.79 Å². The Morgan fingerprint density at radius 2 is 1.83 bits per heavy atom. The Kier molecular flexibility index (Phi) is 7.22. The maximum atomic E-state index is 12.0. The summed E-state index contributed by atoms with van der Waals surface area (Å²) in [5.74, 6) is -0.228. The van der Waals surface area contributed by atoms with E-state index in [0.717, 1.165) is 24.8 Å². The predicted octanol–water partition coefficient (Wildman–Crippen LogP) is 3.43. The lowest BCUT2D eigenvalue weighted by molar-refractivity contribution is -0.139. The molecule has 0 saturated heterocycles. The van der Waals surface area contributed by atoms with Crippen LogP contribution in [0.2, 0.25) is 0 Å². The predicted molar refractivity (Wildman–Crippen MR) is 76.3 cm³/mol. The molecule has 0 aliphatic rings. The van der Waals surface area contributed by atoms with Gasteiger partial charge in [0.2, 0.25) is 0 Å². The highest BCUT2D eigenvalue weighted by molar-refractivity contribution is 5.89. The lowest BCUT2D eigenvalue weighted by atomic mass is 9.80. The van der Waals surface area contributed by atoms with Gasteiger partial charge in [-0.15, -0.1) is 0 Å². The molecule has 106 valence electrons. The lowest BCUT2D eigenvalue weighted by Gasteiger charge is -2.28. The summed E-state index contributed by atoms with van der Waals surface area (Å²) in [6, 6.07) is -0.131. The molecule has 3 nitrogen and oxygen atoms in total. The average Bonchev–Trinajstić information content (AvgIpc) is 2.21. The van der Waals surface area contributed by atoms with Gasteiger partial charge in [-0.3, -0.25) is 0 Å². The van der Waals surface area contributed by atoms with Gasteiger partial charge < -0.3 is 10.5 Å². The second-order valence-corrected chi connectivity index (χ2v) is 5.92. The first-order valence-corrected chi connectivity index (χ1v) is 6.85. The summed E-state index contributed by atoms with van der Waals surface area (Å²) in [5.41, 5.74) is 7.50. The number of nitrogens with two attached hydrogens (primary N) is 1. The van der Waals surface area contributed by atoms with Crippen molar-refractivity contribution in [2.45, 2.75) is 66.8 Å². The smallest absolute Gasteiger partial charge is 0.333 e. The van der Waals surface area contributed by atoms with Gasteiger partial charge in [0.05, 0.1) is 6.61 Å². The number of rotatable bonds is 6. The van der Waals surface area contributed by atoms with Crippen LogP contribution in [0, 0.1) is 5.41 Å².